The number of carbonyl (C=O) groups is 1. The zero-order chi connectivity index (χ0) is 22.6. The minimum Gasteiger partial charge on any atom is -0.272 e. The maximum absolute atomic E-state index is 13.6. The summed E-state index contributed by atoms with van der Waals surface area (Å²) >= 11 is 3.55. The molecule has 0 radical (unpaired) electrons. The molecule has 5 rings (SSSR count). The van der Waals surface area contributed by atoms with Crippen LogP contribution in [-0.2, 0) is 0 Å². The second-order valence-corrected chi connectivity index (χ2v) is 11.0. The number of aromatic nitrogens is 3. The van der Waals surface area contributed by atoms with Crippen LogP contribution < -0.4 is 10.6 Å². The maximum atomic E-state index is 13.6. The number of halogens is 1. The number of rotatable bonds is 6. The monoisotopic (exact) mass is 513 g/mol. The second kappa shape index (κ2) is 9.78. The lowest BCUT2D eigenvalue weighted by atomic mass is 10.1. The van der Waals surface area contributed by atoms with Crippen LogP contribution in [0, 0.1) is 0 Å². The molecule has 0 amide bonds. The Morgan fingerprint density at radius 1 is 0.788 bits per heavy atom. The van der Waals surface area contributed by atoms with E-state index in [0.717, 1.165) is 21.1 Å². The molecule has 0 saturated carbocycles. The van der Waals surface area contributed by atoms with Crippen LogP contribution in [0.2, 0.25) is 0 Å². The van der Waals surface area contributed by atoms with Crippen molar-refractivity contribution < 1.29 is 4.79 Å². The molecule has 1 aromatic heterocycles. The minimum absolute atomic E-state index is 0.0200. The Morgan fingerprint density at radius 3 is 2.00 bits per heavy atom. The summed E-state index contributed by atoms with van der Waals surface area (Å²) in [5.74, 6) is -0.0593. The van der Waals surface area contributed by atoms with Gasteiger partial charge in [0.25, 0.3) is 0 Å². The van der Waals surface area contributed by atoms with E-state index in [1.54, 1.807) is 0 Å². The Kier molecular flexibility index (Phi) is 6.43. The van der Waals surface area contributed by atoms with Crippen LogP contribution in [0.3, 0.4) is 0 Å². The quantitative estimate of drug-likeness (QED) is 0.258. The molecular formula is C27H21BrN3OP. The molecule has 0 unspecified atom stereocenters. The van der Waals surface area contributed by atoms with Crippen molar-refractivity contribution in [3.63, 3.8) is 0 Å². The molecule has 5 aromatic rings. The highest BCUT2D eigenvalue weighted by molar-refractivity contribution is 9.10. The Balaban J connectivity index is 1.61. The van der Waals surface area contributed by atoms with E-state index in [-0.39, 0.29) is 11.6 Å². The normalized spacial score (nSPS) is 12.2. The number of benzene rings is 4. The molecule has 1 atom stereocenters. The largest absolute Gasteiger partial charge is 0.272 e. The van der Waals surface area contributed by atoms with Gasteiger partial charge in [-0.15, -0.1) is 5.10 Å². The Hall–Kier alpha value is -3.14. The van der Waals surface area contributed by atoms with Crippen molar-refractivity contribution >= 4 is 51.4 Å². The van der Waals surface area contributed by atoms with Gasteiger partial charge in [0.15, 0.2) is 0 Å². The van der Waals surface area contributed by atoms with Gasteiger partial charge in [-0.25, -0.2) is 0 Å². The van der Waals surface area contributed by atoms with Crippen LogP contribution >= 0.6 is 23.9 Å². The fraction of sp³-hybridized carbons (Fsp3) is 0.0741. The standard InChI is InChI=1S/C27H21BrN3OP/c28-21-17-15-20(16-18-21)26(19-27(32)31-25-14-8-7-13-24(25)29-30-31)33(22-9-3-1-4-10-22)23-11-5-2-6-12-23/h1-18,26H,19H2/t26-/m1/s1. The number of para-hydroxylation sites is 1. The van der Waals surface area contributed by atoms with Crippen LogP contribution in [-0.4, -0.2) is 20.9 Å². The van der Waals surface area contributed by atoms with Gasteiger partial charge < -0.3 is 0 Å². The molecule has 4 aromatic carbocycles. The summed E-state index contributed by atoms with van der Waals surface area (Å²) in [4.78, 5) is 13.6. The third-order valence-corrected chi connectivity index (χ3v) is 8.93. The SMILES string of the molecule is O=C(C[C@H](c1ccc(Br)cc1)P(c1ccccc1)c1ccccc1)n1nnc2ccccc21. The zero-order valence-corrected chi connectivity index (χ0v) is 20.2. The van der Waals surface area contributed by atoms with Crippen molar-refractivity contribution in [3.05, 3.63) is 119 Å². The molecule has 1 heterocycles. The fourth-order valence-corrected chi connectivity index (χ4v) is 7.11. The molecule has 4 nitrogen and oxygen atoms in total. The predicted octanol–water partition coefficient (Wildman–Crippen LogP) is 6.10. The topological polar surface area (TPSA) is 47.8 Å². The average Bonchev–Trinajstić information content (AvgIpc) is 3.30. The van der Waals surface area contributed by atoms with Crippen molar-refractivity contribution in [2.45, 2.75) is 12.1 Å². The lowest BCUT2D eigenvalue weighted by Crippen LogP contribution is -2.22. The minimum atomic E-state index is -0.849. The molecule has 6 heteroatoms. The van der Waals surface area contributed by atoms with Crippen molar-refractivity contribution in [1.29, 1.82) is 0 Å². The van der Waals surface area contributed by atoms with E-state index in [1.165, 1.54) is 15.3 Å². The van der Waals surface area contributed by atoms with Gasteiger partial charge >= 0.3 is 0 Å². The summed E-state index contributed by atoms with van der Waals surface area (Å²) in [5.41, 5.74) is 2.57. The van der Waals surface area contributed by atoms with E-state index in [2.05, 4.69) is 86.9 Å². The van der Waals surface area contributed by atoms with Gasteiger partial charge in [-0.05, 0) is 48.4 Å². The molecule has 0 saturated heterocycles. The number of hydrogen-bond donors (Lipinski definition) is 0. The first-order valence-electron chi connectivity index (χ1n) is 10.7. The molecule has 33 heavy (non-hydrogen) atoms. The summed E-state index contributed by atoms with van der Waals surface area (Å²) in [7, 11) is -0.849. The van der Waals surface area contributed by atoms with Crippen molar-refractivity contribution in [2.75, 3.05) is 0 Å². The van der Waals surface area contributed by atoms with Crippen LogP contribution in [0.15, 0.2) is 114 Å². The van der Waals surface area contributed by atoms with Gasteiger partial charge in [-0.3, -0.25) is 4.79 Å². The molecule has 0 fully saturated rings. The van der Waals surface area contributed by atoms with Crippen LogP contribution in [0.4, 0.5) is 0 Å². The van der Waals surface area contributed by atoms with Crippen LogP contribution in [0.25, 0.3) is 11.0 Å². The Morgan fingerprint density at radius 2 is 1.36 bits per heavy atom. The number of nitrogens with zero attached hydrogens (tertiary/aromatic N) is 3. The highest BCUT2D eigenvalue weighted by Gasteiger charge is 2.29. The van der Waals surface area contributed by atoms with Crippen molar-refractivity contribution in [1.82, 2.24) is 15.0 Å². The van der Waals surface area contributed by atoms with Crippen LogP contribution in [0.5, 0.6) is 0 Å². The summed E-state index contributed by atoms with van der Waals surface area (Å²) in [6.07, 6.45) is 0.324. The van der Waals surface area contributed by atoms with Gasteiger partial charge in [0.05, 0.1) is 5.52 Å². The number of hydrogen-bond acceptors (Lipinski definition) is 3. The van der Waals surface area contributed by atoms with Gasteiger partial charge in [0.1, 0.15) is 5.52 Å². The van der Waals surface area contributed by atoms with E-state index in [1.807, 2.05) is 48.5 Å². The number of fused-ring (bicyclic) bond motifs is 1. The van der Waals surface area contributed by atoms with Gasteiger partial charge in [0, 0.05) is 16.6 Å². The predicted molar refractivity (Wildman–Crippen MR) is 139 cm³/mol. The third kappa shape index (κ3) is 4.66. The number of carbonyl (C=O) groups excluding carboxylic acids is 1. The molecular weight excluding hydrogens is 493 g/mol. The van der Waals surface area contributed by atoms with Gasteiger partial charge in [-0.1, -0.05) is 106 Å². The summed E-state index contributed by atoms with van der Waals surface area (Å²) in [5, 5.41) is 10.8. The molecule has 0 bridgehead atoms. The third-order valence-electron chi connectivity index (χ3n) is 5.59. The Labute approximate surface area is 202 Å². The summed E-state index contributed by atoms with van der Waals surface area (Å²) in [6.45, 7) is 0. The first-order valence-corrected chi connectivity index (χ1v) is 12.9. The Bertz CT molecular complexity index is 1330. The molecule has 0 aliphatic carbocycles. The first-order chi connectivity index (χ1) is 16.2. The van der Waals surface area contributed by atoms with E-state index < -0.39 is 7.92 Å². The summed E-state index contributed by atoms with van der Waals surface area (Å²) in [6, 6.07) is 36.9. The molecule has 0 aliphatic heterocycles. The summed E-state index contributed by atoms with van der Waals surface area (Å²) < 4.78 is 2.47. The van der Waals surface area contributed by atoms with E-state index in [0.29, 0.717) is 6.42 Å². The zero-order valence-electron chi connectivity index (χ0n) is 17.8. The second-order valence-electron chi connectivity index (χ2n) is 7.70. The molecule has 0 spiro atoms. The lowest BCUT2D eigenvalue weighted by Gasteiger charge is -2.29. The smallest absolute Gasteiger partial charge is 0.249 e. The van der Waals surface area contributed by atoms with Gasteiger partial charge in [-0.2, -0.15) is 4.68 Å². The van der Waals surface area contributed by atoms with Crippen molar-refractivity contribution in [3.8, 4) is 0 Å². The maximum Gasteiger partial charge on any atom is 0.249 e. The molecule has 162 valence electrons. The van der Waals surface area contributed by atoms with Crippen LogP contribution in [0.1, 0.15) is 22.4 Å². The van der Waals surface area contributed by atoms with E-state index >= 15 is 0 Å². The molecule has 0 aliphatic rings. The van der Waals surface area contributed by atoms with Gasteiger partial charge in [0.2, 0.25) is 5.91 Å². The highest BCUT2D eigenvalue weighted by Crippen LogP contribution is 2.51. The van der Waals surface area contributed by atoms with Crippen molar-refractivity contribution in [2.24, 2.45) is 0 Å². The average molecular weight is 514 g/mol. The van der Waals surface area contributed by atoms with E-state index in [9.17, 15) is 4.79 Å². The highest BCUT2D eigenvalue weighted by atomic mass is 79.9. The fourth-order valence-electron chi connectivity index (χ4n) is 4.03. The lowest BCUT2D eigenvalue weighted by molar-refractivity contribution is 0.0889. The van der Waals surface area contributed by atoms with E-state index in [4.69, 9.17) is 0 Å². The first kappa shape index (κ1) is 21.7. The molecule has 0 N–H and O–H groups in total.